The van der Waals surface area contributed by atoms with E-state index in [0.717, 1.165) is 22.5 Å². The molecule has 4 heterocycles. The Morgan fingerprint density at radius 3 is 2.74 bits per heavy atom. The number of benzene rings is 1. The fourth-order valence-electron chi connectivity index (χ4n) is 3.76. The summed E-state index contributed by atoms with van der Waals surface area (Å²) in [5.41, 5.74) is 3.92. The third kappa shape index (κ3) is 2.61. The predicted octanol–water partition coefficient (Wildman–Crippen LogP) is 2.73. The van der Waals surface area contributed by atoms with Crippen LogP contribution in [0.15, 0.2) is 54.9 Å². The Morgan fingerprint density at radius 2 is 1.96 bits per heavy atom. The van der Waals surface area contributed by atoms with Crippen LogP contribution < -0.4 is 0 Å². The number of hydrogen-bond acceptors (Lipinski definition) is 5. The lowest BCUT2D eigenvalue weighted by Crippen LogP contribution is -2.61. The number of likely N-dealkylation sites (tertiary alicyclic amines) is 1. The number of rotatable bonds is 2. The zero-order valence-electron chi connectivity index (χ0n) is 14.9. The van der Waals surface area contributed by atoms with Crippen molar-refractivity contribution in [1.82, 2.24) is 19.9 Å². The van der Waals surface area contributed by atoms with Gasteiger partial charge in [0.2, 0.25) is 0 Å². The first-order chi connectivity index (χ1) is 13.1. The molecule has 6 heteroatoms. The number of fused-ring (bicyclic) bond motifs is 2. The quantitative estimate of drug-likeness (QED) is 0.705. The first-order valence-electron chi connectivity index (χ1n) is 8.92. The van der Waals surface area contributed by atoms with Gasteiger partial charge in [0.1, 0.15) is 5.60 Å². The van der Waals surface area contributed by atoms with Crippen LogP contribution in [0, 0.1) is 6.92 Å². The Kier molecular flexibility index (Phi) is 3.55. The molecule has 6 nitrogen and oxygen atoms in total. The molecule has 0 radical (unpaired) electrons. The molecule has 0 unspecified atom stereocenters. The fraction of sp³-hybridized carbons (Fsp3) is 0.238. The number of carbonyl (C=O) groups is 1. The lowest BCUT2D eigenvalue weighted by Gasteiger charge is -2.47. The standard InChI is InChI=1S/C21H18N4O2/c1-14-9-16(7-8-22-14)20(26)25-12-21(13-25)17-10-23-19(24-18(17)11-27-21)15-5-3-2-4-6-15/h2-10H,11-13H2,1H3. The predicted molar refractivity (Wildman–Crippen MR) is 98.8 cm³/mol. The van der Waals surface area contributed by atoms with E-state index in [1.807, 2.05) is 49.5 Å². The lowest BCUT2D eigenvalue weighted by atomic mass is 9.87. The van der Waals surface area contributed by atoms with Crippen LogP contribution in [0.3, 0.4) is 0 Å². The van der Waals surface area contributed by atoms with Crippen LogP contribution in [0.2, 0.25) is 0 Å². The van der Waals surface area contributed by atoms with Crippen LogP contribution >= 0.6 is 0 Å². The van der Waals surface area contributed by atoms with Gasteiger partial charge in [-0.1, -0.05) is 30.3 Å². The van der Waals surface area contributed by atoms with E-state index in [0.29, 0.717) is 31.1 Å². The molecule has 0 aliphatic carbocycles. The minimum Gasteiger partial charge on any atom is -0.360 e. The van der Waals surface area contributed by atoms with Gasteiger partial charge in [-0.15, -0.1) is 0 Å². The van der Waals surface area contributed by atoms with Crippen molar-refractivity contribution >= 4 is 5.91 Å². The second kappa shape index (κ2) is 5.96. The Morgan fingerprint density at radius 1 is 1.15 bits per heavy atom. The molecule has 5 rings (SSSR count). The van der Waals surface area contributed by atoms with E-state index in [1.54, 1.807) is 17.2 Å². The monoisotopic (exact) mass is 358 g/mol. The van der Waals surface area contributed by atoms with E-state index < -0.39 is 5.60 Å². The van der Waals surface area contributed by atoms with Crippen molar-refractivity contribution in [2.75, 3.05) is 13.1 Å². The Hall–Kier alpha value is -3.12. The van der Waals surface area contributed by atoms with Crippen molar-refractivity contribution < 1.29 is 9.53 Å². The number of nitrogens with zero attached hydrogens (tertiary/aromatic N) is 4. The molecule has 1 aromatic carbocycles. The molecule has 134 valence electrons. The third-order valence-electron chi connectivity index (χ3n) is 5.20. The SMILES string of the molecule is Cc1cc(C(=O)N2CC3(C2)OCc2nc(-c4ccccc4)ncc23)ccn1. The van der Waals surface area contributed by atoms with Crippen molar-refractivity contribution in [3.63, 3.8) is 0 Å². The molecule has 27 heavy (non-hydrogen) atoms. The van der Waals surface area contributed by atoms with Crippen LogP contribution in [-0.2, 0) is 16.9 Å². The molecule has 1 fully saturated rings. The molecule has 0 bridgehead atoms. The normalized spacial score (nSPS) is 16.9. The summed E-state index contributed by atoms with van der Waals surface area (Å²) >= 11 is 0. The van der Waals surface area contributed by atoms with Gasteiger partial charge in [-0.2, -0.15) is 0 Å². The average Bonchev–Trinajstić information content (AvgIpc) is 3.06. The minimum atomic E-state index is -0.470. The van der Waals surface area contributed by atoms with Gasteiger partial charge in [0.15, 0.2) is 5.82 Å². The highest BCUT2D eigenvalue weighted by Crippen LogP contribution is 2.43. The molecule has 1 amide bonds. The maximum absolute atomic E-state index is 12.7. The molecule has 3 aromatic rings. The number of amides is 1. The van der Waals surface area contributed by atoms with Crippen LogP contribution in [0.25, 0.3) is 11.4 Å². The van der Waals surface area contributed by atoms with Crippen molar-refractivity contribution in [3.8, 4) is 11.4 Å². The van der Waals surface area contributed by atoms with Crippen LogP contribution in [0.5, 0.6) is 0 Å². The smallest absolute Gasteiger partial charge is 0.254 e. The first-order valence-corrected chi connectivity index (χ1v) is 8.92. The van der Waals surface area contributed by atoms with E-state index >= 15 is 0 Å². The zero-order chi connectivity index (χ0) is 18.4. The van der Waals surface area contributed by atoms with E-state index in [2.05, 4.69) is 9.97 Å². The highest BCUT2D eigenvalue weighted by atomic mass is 16.5. The topological polar surface area (TPSA) is 68.2 Å². The van der Waals surface area contributed by atoms with Crippen LogP contribution in [0.1, 0.15) is 27.3 Å². The van der Waals surface area contributed by atoms with Crippen molar-refractivity contribution in [2.24, 2.45) is 0 Å². The summed E-state index contributed by atoms with van der Waals surface area (Å²) in [6.07, 6.45) is 3.52. The zero-order valence-corrected chi connectivity index (χ0v) is 14.9. The summed E-state index contributed by atoms with van der Waals surface area (Å²) in [5.74, 6) is 0.708. The van der Waals surface area contributed by atoms with Gasteiger partial charge >= 0.3 is 0 Å². The molecular formula is C21H18N4O2. The van der Waals surface area contributed by atoms with E-state index in [1.165, 1.54) is 0 Å². The van der Waals surface area contributed by atoms with Gasteiger partial charge in [0.25, 0.3) is 5.91 Å². The van der Waals surface area contributed by atoms with Gasteiger partial charge in [0, 0.05) is 34.8 Å². The number of hydrogen-bond donors (Lipinski definition) is 0. The fourth-order valence-corrected chi connectivity index (χ4v) is 3.76. The molecule has 0 saturated carbocycles. The van der Waals surface area contributed by atoms with Crippen LogP contribution in [0.4, 0.5) is 0 Å². The van der Waals surface area contributed by atoms with Crippen molar-refractivity contribution in [2.45, 2.75) is 19.1 Å². The Balaban J connectivity index is 1.37. The maximum Gasteiger partial charge on any atom is 0.254 e. The number of pyridine rings is 1. The molecule has 2 aromatic heterocycles. The molecule has 1 saturated heterocycles. The molecule has 2 aliphatic rings. The van der Waals surface area contributed by atoms with Crippen LogP contribution in [-0.4, -0.2) is 38.8 Å². The van der Waals surface area contributed by atoms with E-state index in [-0.39, 0.29) is 5.91 Å². The Labute approximate surface area is 156 Å². The minimum absolute atomic E-state index is 0.00463. The van der Waals surface area contributed by atoms with Gasteiger partial charge in [0.05, 0.1) is 25.4 Å². The number of carbonyl (C=O) groups excluding carboxylic acids is 1. The first kappa shape index (κ1) is 16.1. The number of aromatic nitrogens is 3. The summed E-state index contributed by atoms with van der Waals surface area (Å²) in [7, 11) is 0. The maximum atomic E-state index is 12.7. The van der Waals surface area contributed by atoms with E-state index in [4.69, 9.17) is 9.72 Å². The molecule has 1 spiro atoms. The van der Waals surface area contributed by atoms with Crippen molar-refractivity contribution in [1.29, 1.82) is 0 Å². The van der Waals surface area contributed by atoms with Gasteiger partial charge in [-0.25, -0.2) is 9.97 Å². The summed E-state index contributed by atoms with van der Waals surface area (Å²) in [5, 5.41) is 0. The summed E-state index contributed by atoms with van der Waals surface area (Å²) in [6.45, 7) is 3.38. The summed E-state index contributed by atoms with van der Waals surface area (Å²) in [6, 6.07) is 13.5. The van der Waals surface area contributed by atoms with Gasteiger partial charge < -0.3 is 9.64 Å². The van der Waals surface area contributed by atoms with E-state index in [9.17, 15) is 4.79 Å². The largest absolute Gasteiger partial charge is 0.360 e. The Bertz CT molecular complexity index is 1030. The van der Waals surface area contributed by atoms with Gasteiger partial charge in [-0.05, 0) is 19.1 Å². The highest BCUT2D eigenvalue weighted by Gasteiger charge is 2.52. The molecule has 2 aliphatic heterocycles. The second-order valence-corrected chi connectivity index (χ2v) is 7.05. The van der Waals surface area contributed by atoms with Gasteiger partial charge in [-0.3, -0.25) is 9.78 Å². The summed E-state index contributed by atoms with van der Waals surface area (Å²) < 4.78 is 6.07. The van der Waals surface area contributed by atoms with Crippen molar-refractivity contribution in [3.05, 3.63) is 77.4 Å². The molecular weight excluding hydrogens is 340 g/mol. The second-order valence-electron chi connectivity index (χ2n) is 7.05. The number of aryl methyl sites for hydroxylation is 1. The lowest BCUT2D eigenvalue weighted by molar-refractivity contribution is -0.126. The summed E-state index contributed by atoms with van der Waals surface area (Å²) in [4.78, 5) is 27.9. The highest BCUT2D eigenvalue weighted by molar-refractivity contribution is 5.95. The number of ether oxygens (including phenoxy) is 1. The third-order valence-corrected chi connectivity index (χ3v) is 5.20. The average molecular weight is 358 g/mol. The molecule has 0 atom stereocenters. The molecule has 0 N–H and O–H groups in total.